The van der Waals surface area contributed by atoms with Gasteiger partial charge in [-0.25, -0.2) is 0 Å². The topological polar surface area (TPSA) is 117 Å². The Hall–Kier alpha value is 0.893. The van der Waals surface area contributed by atoms with E-state index in [4.69, 9.17) is 50.3 Å². The SMILES string of the molecule is C=O.C=O.CC(C)OP(OC(C)C)OC(C)C.CC(C)OP(OC(C)C)OC(C)C.CC(C)OP(OC(C)C)OC(C)C.[Ru]. The molecule has 0 rings (SSSR count). The summed E-state index contributed by atoms with van der Waals surface area (Å²) in [6.45, 7) is 39.5. The smallest absolute Gasteiger partial charge is 0.309 e. The zero-order valence-electron chi connectivity index (χ0n) is 30.8. The van der Waals surface area contributed by atoms with Crippen LogP contribution in [0.1, 0.15) is 125 Å². The molecule has 0 N–H and O–H groups in total. The summed E-state index contributed by atoms with van der Waals surface area (Å²) in [4.78, 5) is 16.0. The second kappa shape index (κ2) is 38.3. The second-order valence-corrected chi connectivity index (χ2v) is 14.3. The van der Waals surface area contributed by atoms with Crippen molar-refractivity contribution in [1.82, 2.24) is 0 Å². The standard InChI is InChI=1S/3C9H21O3P.2CH2O.Ru/c3*1-7(2)10-13(11-8(3)4)12-9(5)6;2*1-2;/h3*7-9H,1-6H3;2*1H2;. The Bertz CT molecular complexity index is 416. The van der Waals surface area contributed by atoms with Crippen LogP contribution in [-0.2, 0) is 69.8 Å². The van der Waals surface area contributed by atoms with Gasteiger partial charge in [0.2, 0.25) is 0 Å². The molecule has 0 aliphatic heterocycles. The van der Waals surface area contributed by atoms with Gasteiger partial charge in [0.05, 0.1) is 54.9 Å². The van der Waals surface area contributed by atoms with E-state index in [0.717, 1.165) is 0 Å². The van der Waals surface area contributed by atoms with Gasteiger partial charge in [0.25, 0.3) is 0 Å². The summed E-state index contributed by atoms with van der Waals surface area (Å²) in [6.07, 6.45) is 1.28. The maximum atomic E-state index is 8.00. The van der Waals surface area contributed by atoms with Crippen LogP contribution in [0.5, 0.6) is 0 Å². The van der Waals surface area contributed by atoms with Crippen molar-refractivity contribution in [2.24, 2.45) is 0 Å². The van der Waals surface area contributed by atoms with Crippen LogP contribution >= 0.6 is 25.8 Å². The van der Waals surface area contributed by atoms with E-state index in [1.165, 1.54) is 0 Å². The minimum atomic E-state index is -1.18. The summed E-state index contributed by atoms with van der Waals surface area (Å²) in [5, 5.41) is 0. The predicted molar refractivity (Wildman–Crippen MR) is 181 cm³/mol. The zero-order chi connectivity index (χ0) is 35.3. The van der Waals surface area contributed by atoms with Gasteiger partial charge in [-0.05, 0) is 125 Å². The van der Waals surface area contributed by atoms with E-state index in [9.17, 15) is 0 Å². The monoisotopic (exact) mass is 786 g/mol. The van der Waals surface area contributed by atoms with Crippen molar-refractivity contribution >= 4 is 39.4 Å². The first-order valence-electron chi connectivity index (χ1n) is 14.7. The van der Waals surface area contributed by atoms with Crippen LogP contribution < -0.4 is 0 Å². The molecule has 0 aromatic carbocycles. The Labute approximate surface area is 287 Å². The van der Waals surface area contributed by atoms with Crippen LogP contribution in [-0.4, -0.2) is 68.5 Å². The van der Waals surface area contributed by atoms with E-state index in [0.29, 0.717) is 0 Å². The van der Waals surface area contributed by atoms with Crippen molar-refractivity contribution in [2.75, 3.05) is 0 Å². The van der Waals surface area contributed by atoms with Gasteiger partial charge < -0.3 is 50.3 Å². The molecule has 0 amide bonds. The van der Waals surface area contributed by atoms with Gasteiger partial charge in [0.1, 0.15) is 13.6 Å². The van der Waals surface area contributed by atoms with Crippen LogP contribution in [0.3, 0.4) is 0 Å². The van der Waals surface area contributed by atoms with Gasteiger partial charge in [0.15, 0.2) is 0 Å². The molecular formula is C29H67O11P3Ru. The second-order valence-electron chi connectivity index (χ2n) is 11.1. The molecule has 0 heterocycles. The van der Waals surface area contributed by atoms with Crippen LogP contribution in [0, 0.1) is 0 Å². The van der Waals surface area contributed by atoms with Crippen molar-refractivity contribution < 1.29 is 69.8 Å². The van der Waals surface area contributed by atoms with Gasteiger partial charge in [-0.2, -0.15) is 0 Å². The first-order chi connectivity index (χ1) is 19.7. The van der Waals surface area contributed by atoms with E-state index in [-0.39, 0.29) is 74.4 Å². The van der Waals surface area contributed by atoms with Crippen molar-refractivity contribution in [2.45, 2.75) is 180 Å². The molecule has 0 spiro atoms. The van der Waals surface area contributed by atoms with Crippen LogP contribution in [0.4, 0.5) is 0 Å². The summed E-state index contributed by atoms with van der Waals surface area (Å²) >= 11 is 0. The van der Waals surface area contributed by atoms with E-state index < -0.39 is 25.8 Å². The normalized spacial score (nSPS) is 11.2. The molecule has 0 saturated heterocycles. The van der Waals surface area contributed by atoms with Crippen molar-refractivity contribution in [3.8, 4) is 0 Å². The average molecular weight is 786 g/mol. The number of carbonyl (C=O) groups is 2. The molecule has 0 fully saturated rings. The molecule has 0 aliphatic carbocycles. The summed E-state index contributed by atoms with van der Waals surface area (Å²) < 4.78 is 49.4. The Morgan fingerprint density at radius 1 is 0.273 bits per heavy atom. The molecule has 15 heteroatoms. The number of carbonyl (C=O) groups excluding carboxylic acids is 2. The molecule has 0 unspecified atom stereocenters. The predicted octanol–water partition coefficient (Wildman–Crippen LogP) is 10.1. The van der Waals surface area contributed by atoms with Gasteiger partial charge in [-0.1, -0.05) is 0 Å². The van der Waals surface area contributed by atoms with E-state index in [1.54, 1.807) is 0 Å². The van der Waals surface area contributed by atoms with Crippen molar-refractivity contribution in [3.63, 3.8) is 0 Å². The molecule has 0 bridgehead atoms. The maximum absolute atomic E-state index is 8.00. The number of rotatable bonds is 18. The quantitative estimate of drug-likeness (QED) is 0.0976. The molecule has 44 heavy (non-hydrogen) atoms. The van der Waals surface area contributed by atoms with Gasteiger partial charge >= 0.3 is 25.8 Å². The minimum absolute atomic E-state index is 0. The molecular weight excluding hydrogens is 718 g/mol. The largest absolute Gasteiger partial charge is 0.333 e. The summed E-state index contributed by atoms with van der Waals surface area (Å²) in [5.74, 6) is 0. The molecule has 0 saturated carbocycles. The summed E-state index contributed by atoms with van der Waals surface area (Å²) in [5.41, 5.74) is 0. The van der Waals surface area contributed by atoms with Crippen LogP contribution in [0.25, 0.3) is 0 Å². The molecule has 0 radical (unpaired) electrons. The summed E-state index contributed by atoms with van der Waals surface area (Å²) in [7, 11) is -3.54. The molecule has 0 aliphatic rings. The van der Waals surface area contributed by atoms with Crippen molar-refractivity contribution in [1.29, 1.82) is 0 Å². The van der Waals surface area contributed by atoms with E-state index in [2.05, 4.69) is 0 Å². The Morgan fingerprint density at radius 3 is 0.386 bits per heavy atom. The van der Waals surface area contributed by atoms with E-state index >= 15 is 0 Å². The fourth-order valence-corrected chi connectivity index (χ4v) is 5.32. The third-order valence-corrected chi connectivity index (χ3v) is 8.02. The Balaban J connectivity index is -0.000000115. The molecule has 11 nitrogen and oxygen atoms in total. The van der Waals surface area contributed by atoms with Gasteiger partial charge in [0, 0.05) is 19.5 Å². The zero-order valence-corrected chi connectivity index (χ0v) is 35.2. The van der Waals surface area contributed by atoms with Gasteiger partial charge in [-0.15, -0.1) is 0 Å². The Morgan fingerprint density at radius 2 is 0.341 bits per heavy atom. The molecule has 0 aromatic heterocycles. The molecule has 0 aromatic rings. The third kappa shape index (κ3) is 55.3. The summed E-state index contributed by atoms with van der Waals surface area (Å²) in [6, 6.07) is 0. The Kier molecular flexibility index (Phi) is 49.8. The first-order valence-corrected chi connectivity index (χ1v) is 18.0. The first kappa shape index (κ1) is 57.2. The van der Waals surface area contributed by atoms with Crippen LogP contribution in [0.2, 0.25) is 0 Å². The number of hydrogen-bond acceptors (Lipinski definition) is 11. The minimum Gasteiger partial charge on any atom is -0.309 e. The van der Waals surface area contributed by atoms with E-state index in [1.807, 2.05) is 138 Å². The van der Waals surface area contributed by atoms with Crippen LogP contribution in [0.15, 0.2) is 0 Å². The number of hydrogen-bond donors (Lipinski definition) is 0. The average Bonchev–Trinajstić information content (AvgIpc) is 2.78. The third-order valence-electron chi connectivity index (χ3n) is 2.67. The molecule has 0 atom stereocenters. The fourth-order valence-electron chi connectivity index (χ4n) is 1.77. The fraction of sp³-hybridized carbons (Fsp3) is 0.931. The molecule has 272 valence electrons. The van der Waals surface area contributed by atoms with Crippen molar-refractivity contribution in [3.05, 3.63) is 0 Å². The maximum Gasteiger partial charge on any atom is 0.333 e. The van der Waals surface area contributed by atoms with Gasteiger partial charge in [-0.3, -0.25) is 0 Å².